The minimum atomic E-state index is -0.886. The van der Waals surface area contributed by atoms with Crippen LogP contribution in [0.5, 0.6) is 5.75 Å². The Morgan fingerprint density at radius 2 is 1.85 bits per heavy atom. The molecular formula is C13H9I3O3S. The van der Waals surface area contributed by atoms with Gasteiger partial charge in [-0.3, -0.25) is 0 Å². The molecule has 0 amide bonds. The fraction of sp³-hybridized carbons (Fsp3) is 0.154. The van der Waals surface area contributed by atoms with Crippen LogP contribution < -0.4 is 4.74 Å². The van der Waals surface area contributed by atoms with Crippen molar-refractivity contribution >= 4 is 85.1 Å². The molecule has 2 aromatic rings. The molecule has 3 nitrogen and oxygen atoms in total. The van der Waals surface area contributed by atoms with Crippen molar-refractivity contribution in [1.29, 1.82) is 0 Å². The van der Waals surface area contributed by atoms with Gasteiger partial charge in [0.05, 0.1) is 7.14 Å². The Bertz CT molecular complexity index is 644. The third kappa shape index (κ3) is 3.97. The molecule has 1 N–H and O–H groups in total. The van der Waals surface area contributed by atoms with Gasteiger partial charge in [-0.25, -0.2) is 4.79 Å². The van der Waals surface area contributed by atoms with Crippen molar-refractivity contribution in [1.82, 2.24) is 0 Å². The van der Waals surface area contributed by atoms with Gasteiger partial charge in [-0.15, -0.1) is 11.3 Å². The van der Waals surface area contributed by atoms with Crippen molar-refractivity contribution in [2.75, 3.05) is 0 Å². The van der Waals surface area contributed by atoms with Gasteiger partial charge in [0.2, 0.25) is 0 Å². The van der Waals surface area contributed by atoms with E-state index in [1.54, 1.807) is 6.07 Å². The Balaban J connectivity index is 2.19. The fourth-order valence-electron chi connectivity index (χ4n) is 1.59. The maximum atomic E-state index is 11.0. The van der Waals surface area contributed by atoms with Gasteiger partial charge in [0, 0.05) is 14.0 Å². The number of hydrogen-bond donors (Lipinski definition) is 1. The maximum absolute atomic E-state index is 11.0. The first-order chi connectivity index (χ1) is 9.38. The SMILES string of the molecule is Cc1sc(C(=O)O)cc1COc1c(I)cc(I)cc1I. The first kappa shape index (κ1) is 16.7. The highest BCUT2D eigenvalue weighted by molar-refractivity contribution is 14.1. The number of carboxylic acids is 1. The van der Waals surface area contributed by atoms with Crippen LogP contribution in [0.4, 0.5) is 0 Å². The largest absolute Gasteiger partial charge is 0.487 e. The molecule has 106 valence electrons. The van der Waals surface area contributed by atoms with Crippen LogP contribution in [-0.2, 0) is 6.61 Å². The minimum absolute atomic E-state index is 0.355. The molecule has 0 spiro atoms. The normalized spacial score (nSPS) is 10.6. The smallest absolute Gasteiger partial charge is 0.345 e. The van der Waals surface area contributed by atoms with E-state index >= 15 is 0 Å². The third-order valence-electron chi connectivity index (χ3n) is 2.57. The second-order valence-corrected chi connectivity index (χ2v) is 8.81. The lowest BCUT2D eigenvalue weighted by molar-refractivity contribution is 0.0702. The van der Waals surface area contributed by atoms with E-state index in [1.165, 1.54) is 14.9 Å². The highest BCUT2D eigenvalue weighted by atomic mass is 127. The summed E-state index contributed by atoms with van der Waals surface area (Å²) in [5, 5.41) is 8.99. The van der Waals surface area contributed by atoms with Gasteiger partial charge < -0.3 is 9.84 Å². The average Bonchev–Trinajstić information content (AvgIpc) is 2.70. The third-order valence-corrected chi connectivity index (χ3v) is 5.87. The van der Waals surface area contributed by atoms with Crippen LogP contribution in [0.15, 0.2) is 18.2 Å². The van der Waals surface area contributed by atoms with Gasteiger partial charge in [-0.05, 0) is 92.9 Å². The summed E-state index contributed by atoms with van der Waals surface area (Å²) >= 11 is 8.06. The molecule has 0 fully saturated rings. The molecule has 7 heteroatoms. The van der Waals surface area contributed by atoms with Gasteiger partial charge in [-0.2, -0.15) is 0 Å². The number of aromatic carboxylic acids is 1. The fourth-order valence-corrected chi connectivity index (χ4v) is 6.35. The van der Waals surface area contributed by atoms with Crippen molar-refractivity contribution in [3.05, 3.63) is 44.2 Å². The van der Waals surface area contributed by atoms with Gasteiger partial charge >= 0.3 is 5.97 Å². The van der Waals surface area contributed by atoms with E-state index in [1.807, 2.05) is 6.92 Å². The molecule has 20 heavy (non-hydrogen) atoms. The zero-order chi connectivity index (χ0) is 14.9. The number of carbonyl (C=O) groups is 1. The summed E-state index contributed by atoms with van der Waals surface area (Å²) in [6.45, 7) is 2.31. The number of benzene rings is 1. The molecular weight excluding hydrogens is 617 g/mol. The predicted octanol–water partition coefficient (Wildman–Crippen LogP) is 5.15. The van der Waals surface area contributed by atoms with Crippen molar-refractivity contribution in [2.45, 2.75) is 13.5 Å². The number of hydrogen-bond acceptors (Lipinski definition) is 3. The maximum Gasteiger partial charge on any atom is 0.345 e. The summed E-state index contributed by atoms with van der Waals surface area (Å²) in [7, 11) is 0. The standard InChI is InChI=1S/C13H9I3O3S/c1-6-7(2-11(20-6)13(17)18)5-19-12-9(15)3-8(14)4-10(12)16/h2-4H,5H2,1H3,(H,17,18). The first-order valence-corrected chi connectivity index (χ1v) is 9.53. The predicted molar refractivity (Wildman–Crippen MR) is 105 cm³/mol. The zero-order valence-corrected chi connectivity index (χ0v) is 17.5. The molecule has 1 aromatic carbocycles. The van der Waals surface area contributed by atoms with Crippen molar-refractivity contribution < 1.29 is 14.6 Å². The van der Waals surface area contributed by atoms with E-state index < -0.39 is 5.97 Å². The molecule has 0 aliphatic carbocycles. The van der Waals surface area contributed by atoms with Crippen LogP contribution >= 0.6 is 79.1 Å². The molecule has 0 aliphatic heterocycles. The molecule has 1 heterocycles. The Morgan fingerprint density at radius 1 is 1.25 bits per heavy atom. The van der Waals surface area contributed by atoms with Crippen LogP contribution in [0.1, 0.15) is 20.1 Å². The summed E-state index contributed by atoms with van der Waals surface area (Å²) < 4.78 is 9.17. The highest BCUT2D eigenvalue weighted by Crippen LogP contribution is 2.31. The molecule has 0 saturated carbocycles. The van der Waals surface area contributed by atoms with E-state index in [2.05, 4.69) is 79.9 Å². The average molecular weight is 626 g/mol. The Morgan fingerprint density at radius 3 is 2.35 bits per heavy atom. The molecule has 1 aromatic heterocycles. The minimum Gasteiger partial charge on any atom is -0.487 e. The van der Waals surface area contributed by atoms with E-state index in [-0.39, 0.29) is 0 Å². The zero-order valence-electron chi connectivity index (χ0n) is 10.2. The molecule has 0 unspecified atom stereocenters. The summed E-state index contributed by atoms with van der Waals surface area (Å²) in [4.78, 5) is 12.3. The van der Waals surface area contributed by atoms with E-state index in [0.29, 0.717) is 11.5 Å². The van der Waals surface area contributed by atoms with Crippen LogP contribution in [0, 0.1) is 17.6 Å². The van der Waals surface area contributed by atoms with Gasteiger partial charge in [0.15, 0.2) is 0 Å². The lowest BCUT2D eigenvalue weighted by Gasteiger charge is -2.10. The Labute approximate surface area is 161 Å². The first-order valence-electron chi connectivity index (χ1n) is 5.48. The summed E-state index contributed by atoms with van der Waals surface area (Å²) in [5.41, 5.74) is 0.928. The number of carboxylic acid groups (broad SMARTS) is 1. The lowest BCUT2D eigenvalue weighted by atomic mass is 10.2. The Kier molecular flexibility index (Phi) is 5.94. The van der Waals surface area contributed by atoms with Crippen LogP contribution in [-0.4, -0.2) is 11.1 Å². The van der Waals surface area contributed by atoms with Crippen molar-refractivity contribution in [2.24, 2.45) is 0 Å². The number of thiophene rings is 1. The van der Waals surface area contributed by atoms with Gasteiger partial charge in [0.1, 0.15) is 17.2 Å². The summed E-state index contributed by atoms with van der Waals surface area (Å²) in [6.07, 6.45) is 0. The van der Waals surface area contributed by atoms with Crippen molar-refractivity contribution in [3.8, 4) is 5.75 Å². The Hall–Kier alpha value is 0.380. The molecule has 0 radical (unpaired) electrons. The quantitative estimate of drug-likeness (QED) is 0.479. The van der Waals surface area contributed by atoms with Crippen molar-refractivity contribution in [3.63, 3.8) is 0 Å². The highest BCUT2D eigenvalue weighted by Gasteiger charge is 2.13. The van der Waals surface area contributed by atoms with E-state index in [9.17, 15) is 4.79 Å². The number of halogens is 3. The second kappa shape index (κ2) is 7.09. The van der Waals surface area contributed by atoms with Gasteiger partial charge in [0.25, 0.3) is 0 Å². The van der Waals surface area contributed by atoms with E-state index in [0.717, 1.165) is 23.3 Å². The van der Waals surface area contributed by atoms with E-state index in [4.69, 9.17) is 9.84 Å². The summed E-state index contributed by atoms with van der Waals surface area (Å²) in [6, 6.07) is 5.80. The van der Waals surface area contributed by atoms with Gasteiger partial charge in [-0.1, -0.05) is 0 Å². The molecule has 0 saturated heterocycles. The molecule has 0 aliphatic rings. The number of rotatable bonds is 4. The molecule has 0 bridgehead atoms. The molecule has 2 rings (SSSR count). The van der Waals surface area contributed by atoms with Crippen LogP contribution in [0.25, 0.3) is 0 Å². The lowest BCUT2D eigenvalue weighted by Crippen LogP contribution is -2.00. The number of ether oxygens (including phenoxy) is 1. The van der Waals surface area contributed by atoms with Crippen LogP contribution in [0.2, 0.25) is 0 Å². The summed E-state index contributed by atoms with van der Waals surface area (Å²) in [5.74, 6) is -0.0307. The monoisotopic (exact) mass is 626 g/mol. The second-order valence-electron chi connectivity index (χ2n) is 3.98. The number of aryl methyl sites for hydroxylation is 1. The molecule has 0 atom stereocenters. The van der Waals surface area contributed by atoms with Crippen LogP contribution in [0.3, 0.4) is 0 Å². The topological polar surface area (TPSA) is 46.5 Å².